The molecule has 17 heavy (non-hydrogen) atoms. The van der Waals surface area contributed by atoms with Crippen LogP contribution in [-0.4, -0.2) is 38.2 Å². The minimum Gasteiger partial charge on any atom is -0.358 e. The van der Waals surface area contributed by atoms with E-state index in [-0.39, 0.29) is 0 Å². The Morgan fingerprint density at radius 3 is 2.88 bits per heavy atom. The quantitative estimate of drug-likeness (QED) is 0.831. The number of hydrogen-bond donors (Lipinski definition) is 1. The van der Waals surface area contributed by atoms with Crippen molar-refractivity contribution in [3.05, 3.63) is 5.82 Å². The van der Waals surface area contributed by atoms with Gasteiger partial charge in [0.25, 0.3) is 0 Å². The van der Waals surface area contributed by atoms with Crippen molar-refractivity contribution in [2.24, 2.45) is 4.36 Å². The van der Waals surface area contributed by atoms with Crippen molar-refractivity contribution < 1.29 is 4.21 Å². The lowest BCUT2D eigenvalue weighted by atomic mass is 10.4. The molecule has 0 amide bonds. The van der Waals surface area contributed by atoms with E-state index in [0.717, 1.165) is 41.7 Å². The van der Waals surface area contributed by atoms with Crippen LogP contribution in [-0.2, 0) is 16.1 Å². The van der Waals surface area contributed by atoms with Gasteiger partial charge in [-0.05, 0) is 12.8 Å². The summed E-state index contributed by atoms with van der Waals surface area (Å²) < 4.78 is 20.5. The van der Waals surface area contributed by atoms with E-state index in [4.69, 9.17) is 0 Å². The van der Waals surface area contributed by atoms with Crippen molar-refractivity contribution >= 4 is 26.4 Å². The first-order chi connectivity index (χ1) is 8.22. The van der Waals surface area contributed by atoms with Gasteiger partial charge in [-0.25, -0.2) is 13.6 Å². The van der Waals surface area contributed by atoms with Crippen molar-refractivity contribution in [3.63, 3.8) is 0 Å². The minimum absolute atomic E-state index is 0.597. The SMILES string of the molecule is CCc1nsc(NCCN=S2(=O)CCCC2)n1. The maximum Gasteiger partial charge on any atom is 0.202 e. The van der Waals surface area contributed by atoms with Gasteiger partial charge in [-0.1, -0.05) is 6.92 Å². The average molecular weight is 274 g/mol. The molecule has 2 heterocycles. The van der Waals surface area contributed by atoms with Crippen molar-refractivity contribution in [2.45, 2.75) is 26.2 Å². The topological polar surface area (TPSA) is 67.2 Å². The third kappa shape index (κ3) is 3.64. The summed E-state index contributed by atoms with van der Waals surface area (Å²) in [7, 11) is -1.86. The maximum atomic E-state index is 12.0. The molecule has 0 bridgehead atoms. The molecule has 1 aliphatic rings. The number of nitrogens with one attached hydrogen (secondary N) is 1. The highest BCUT2D eigenvalue weighted by Gasteiger charge is 2.15. The molecule has 7 heteroatoms. The minimum atomic E-state index is -1.86. The second kappa shape index (κ2) is 5.77. The van der Waals surface area contributed by atoms with Gasteiger partial charge in [0, 0.05) is 45.7 Å². The van der Waals surface area contributed by atoms with Crippen LogP contribution >= 0.6 is 11.5 Å². The second-order valence-corrected chi connectivity index (χ2v) is 7.41. The Morgan fingerprint density at radius 2 is 2.24 bits per heavy atom. The molecule has 0 radical (unpaired) electrons. The lowest BCUT2D eigenvalue weighted by Crippen LogP contribution is -2.08. The molecule has 1 aromatic rings. The monoisotopic (exact) mass is 274 g/mol. The van der Waals surface area contributed by atoms with E-state index in [1.807, 2.05) is 6.92 Å². The Kier molecular flexibility index (Phi) is 4.33. The van der Waals surface area contributed by atoms with Gasteiger partial charge in [0.1, 0.15) is 5.82 Å². The molecule has 5 nitrogen and oxygen atoms in total. The van der Waals surface area contributed by atoms with Gasteiger partial charge in [-0.15, -0.1) is 0 Å². The van der Waals surface area contributed by atoms with Crippen LogP contribution in [0.3, 0.4) is 0 Å². The lowest BCUT2D eigenvalue weighted by Gasteiger charge is -2.01. The Labute approximate surface area is 106 Å². The van der Waals surface area contributed by atoms with Gasteiger partial charge in [-0.2, -0.15) is 4.37 Å². The molecule has 0 spiro atoms. The summed E-state index contributed by atoms with van der Waals surface area (Å²) in [6.45, 7) is 3.32. The molecule has 1 aromatic heterocycles. The summed E-state index contributed by atoms with van der Waals surface area (Å²) >= 11 is 1.37. The van der Waals surface area contributed by atoms with Crippen molar-refractivity contribution in [3.8, 4) is 0 Å². The zero-order chi connectivity index (χ0) is 12.1. The molecule has 0 saturated carbocycles. The predicted molar refractivity (Wildman–Crippen MR) is 72.2 cm³/mol. The number of rotatable bonds is 5. The third-order valence-electron chi connectivity index (χ3n) is 2.68. The fourth-order valence-corrected chi connectivity index (χ4v) is 4.60. The van der Waals surface area contributed by atoms with E-state index in [1.165, 1.54) is 11.5 Å². The highest BCUT2D eigenvalue weighted by atomic mass is 32.2. The summed E-state index contributed by atoms with van der Waals surface area (Å²) in [6.07, 6.45) is 2.98. The van der Waals surface area contributed by atoms with Crippen LogP contribution in [0.25, 0.3) is 0 Å². The fourth-order valence-electron chi connectivity index (χ4n) is 1.73. The standard InChI is InChI=1S/C10H18N4OS2/c1-2-9-13-10(16-14-9)11-5-6-12-17(15)7-3-4-8-17/h2-8H2,1H3,(H,11,13,14). The molecular weight excluding hydrogens is 256 g/mol. The highest BCUT2D eigenvalue weighted by molar-refractivity contribution is 7.93. The van der Waals surface area contributed by atoms with Gasteiger partial charge >= 0.3 is 0 Å². The Hall–Kier alpha value is -0.690. The summed E-state index contributed by atoms with van der Waals surface area (Å²) in [5.74, 6) is 2.44. The first-order valence-corrected chi connectivity index (χ1v) is 8.59. The van der Waals surface area contributed by atoms with E-state index >= 15 is 0 Å². The molecule has 1 N–H and O–H groups in total. The van der Waals surface area contributed by atoms with E-state index in [0.29, 0.717) is 13.1 Å². The molecule has 2 rings (SSSR count). The molecule has 0 unspecified atom stereocenters. The lowest BCUT2D eigenvalue weighted by molar-refractivity contribution is 0.679. The highest BCUT2D eigenvalue weighted by Crippen LogP contribution is 2.13. The zero-order valence-electron chi connectivity index (χ0n) is 10.0. The van der Waals surface area contributed by atoms with E-state index in [9.17, 15) is 4.21 Å². The van der Waals surface area contributed by atoms with Crippen LogP contribution in [0.2, 0.25) is 0 Å². The van der Waals surface area contributed by atoms with Crippen LogP contribution < -0.4 is 5.32 Å². The summed E-state index contributed by atoms with van der Waals surface area (Å²) in [6, 6.07) is 0. The van der Waals surface area contributed by atoms with Crippen LogP contribution in [0.15, 0.2) is 4.36 Å². The van der Waals surface area contributed by atoms with Crippen molar-refractivity contribution in [2.75, 3.05) is 29.9 Å². The molecule has 0 atom stereocenters. The molecular formula is C10H18N4OS2. The molecule has 1 aliphatic heterocycles. The number of anilines is 1. The Morgan fingerprint density at radius 1 is 1.47 bits per heavy atom. The van der Waals surface area contributed by atoms with Crippen LogP contribution in [0, 0.1) is 0 Å². The van der Waals surface area contributed by atoms with E-state index in [2.05, 4.69) is 19.0 Å². The van der Waals surface area contributed by atoms with Gasteiger partial charge in [-0.3, -0.25) is 0 Å². The van der Waals surface area contributed by atoms with E-state index in [1.54, 1.807) is 0 Å². The van der Waals surface area contributed by atoms with Crippen molar-refractivity contribution in [1.82, 2.24) is 9.36 Å². The van der Waals surface area contributed by atoms with Crippen LogP contribution in [0.5, 0.6) is 0 Å². The van der Waals surface area contributed by atoms with Gasteiger partial charge in [0.15, 0.2) is 0 Å². The number of aryl methyl sites for hydroxylation is 1. The molecule has 96 valence electrons. The fraction of sp³-hybridized carbons (Fsp3) is 0.800. The summed E-state index contributed by atoms with van der Waals surface area (Å²) in [5.41, 5.74) is 0. The molecule has 0 aromatic carbocycles. The molecule has 0 aliphatic carbocycles. The van der Waals surface area contributed by atoms with Gasteiger partial charge in [0.2, 0.25) is 5.13 Å². The number of hydrogen-bond acceptors (Lipinski definition) is 6. The maximum absolute atomic E-state index is 12.0. The third-order valence-corrected chi connectivity index (χ3v) is 5.89. The molecule has 1 fully saturated rings. The summed E-state index contributed by atoms with van der Waals surface area (Å²) in [4.78, 5) is 4.30. The summed E-state index contributed by atoms with van der Waals surface area (Å²) in [5, 5.41) is 4.00. The normalized spacial score (nSPS) is 18.2. The first kappa shape index (κ1) is 12.8. The molecule has 1 saturated heterocycles. The van der Waals surface area contributed by atoms with Crippen LogP contribution in [0.1, 0.15) is 25.6 Å². The average Bonchev–Trinajstić information content (AvgIpc) is 2.94. The largest absolute Gasteiger partial charge is 0.358 e. The van der Waals surface area contributed by atoms with Crippen LogP contribution in [0.4, 0.5) is 5.13 Å². The first-order valence-electron chi connectivity index (χ1n) is 5.96. The van der Waals surface area contributed by atoms with Gasteiger partial charge in [0.05, 0.1) is 6.54 Å². The zero-order valence-corrected chi connectivity index (χ0v) is 11.6. The predicted octanol–water partition coefficient (Wildman–Crippen LogP) is 1.77. The number of nitrogens with zero attached hydrogens (tertiary/aromatic N) is 3. The second-order valence-electron chi connectivity index (χ2n) is 4.04. The van der Waals surface area contributed by atoms with E-state index < -0.39 is 9.73 Å². The van der Waals surface area contributed by atoms with Crippen molar-refractivity contribution in [1.29, 1.82) is 0 Å². The Balaban J connectivity index is 1.78. The van der Waals surface area contributed by atoms with Gasteiger partial charge < -0.3 is 5.32 Å². The smallest absolute Gasteiger partial charge is 0.202 e. The number of aromatic nitrogens is 2. The Bertz CT molecular complexity index is 464.